The molecule has 0 fully saturated rings. The van der Waals surface area contributed by atoms with E-state index in [9.17, 15) is 19.7 Å². The number of rotatable bonds is 6. The van der Waals surface area contributed by atoms with Crippen LogP contribution >= 0.6 is 0 Å². The maximum absolute atomic E-state index is 12.2. The minimum Gasteiger partial charge on any atom is -0.351 e. The fraction of sp³-hybridized carbons (Fsp3) is 0.267. The Morgan fingerprint density at radius 2 is 1.92 bits per heavy atom. The summed E-state index contributed by atoms with van der Waals surface area (Å²) in [6, 6.07) is 5.18. The highest BCUT2D eigenvalue weighted by atomic mass is 16.6. The molecule has 9 heteroatoms. The number of aryl methyl sites for hydroxylation is 1. The number of nitrogens with one attached hydrogen (secondary N) is 2. The SMILES string of the molecule is CCCNC(=O)c1c(NC(=O)c2ccc([N+](=O)[O-])cc2)cnn1C. The molecule has 24 heavy (non-hydrogen) atoms. The number of benzene rings is 1. The summed E-state index contributed by atoms with van der Waals surface area (Å²) in [5, 5.41) is 19.9. The number of aromatic nitrogens is 2. The zero-order chi connectivity index (χ0) is 17.7. The van der Waals surface area contributed by atoms with Crippen molar-refractivity contribution < 1.29 is 14.5 Å². The molecule has 0 spiro atoms. The quantitative estimate of drug-likeness (QED) is 0.617. The van der Waals surface area contributed by atoms with Gasteiger partial charge in [-0.3, -0.25) is 24.4 Å². The normalized spacial score (nSPS) is 10.2. The highest BCUT2D eigenvalue weighted by Crippen LogP contribution is 2.17. The molecular formula is C15H17N5O4. The van der Waals surface area contributed by atoms with Gasteiger partial charge in [-0.1, -0.05) is 6.92 Å². The first-order valence-corrected chi connectivity index (χ1v) is 7.30. The van der Waals surface area contributed by atoms with Gasteiger partial charge < -0.3 is 10.6 Å². The van der Waals surface area contributed by atoms with Crippen molar-refractivity contribution in [2.75, 3.05) is 11.9 Å². The van der Waals surface area contributed by atoms with Gasteiger partial charge in [-0.25, -0.2) is 0 Å². The fourth-order valence-corrected chi connectivity index (χ4v) is 2.05. The second kappa shape index (κ2) is 7.36. The smallest absolute Gasteiger partial charge is 0.271 e. The van der Waals surface area contributed by atoms with Crippen LogP contribution in [0.1, 0.15) is 34.2 Å². The van der Waals surface area contributed by atoms with Crippen LogP contribution in [0.4, 0.5) is 11.4 Å². The van der Waals surface area contributed by atoms with E-state index in [1.807, 2.05) is 6.92 Å². The Morgan fingerprint density at radius 1 is 1.25 bits per heavy atom. The summed E-state index contributed by atoms with van der Waals surface area (Å²) in [4.78, 5) is 34.5. The molecule has 2 amide bonds. The van der Waals surface area contributed by atoms with Crippen LogP contribution in [-0.2, 0) is 7.05 Å². The van der Waals surface area contributed by atoms with Gasteiger partial charge in [0.25, 0.3) is 17.5 Å². The predicted octanol–water partition coefficient (Wildman–Crippen LogP) is 1.72. The summed E-state index contributed by atoms with van der Waals surface area (Å²) < 4.78 is 1.37. The number of nitrogens with zero attached hydrogens (tertiary/aromatic N) is 3. The Morgan fingerprint density at radius 3 is 2.50 bits per heavy atom. The molecular weight excluding hydrogens is 314 g/mol. The van der Waals surface area contributed by atoms with Gasteiger partial charge >= 0.3 is 0 Å². The van der Waals surface area contributed by atoms with Crippen molar-refractivity contribution in [2.45, 2.75) is 13.3 Å². The lowest BCUT2D eigenvalue weighted by atomic mass is 10.2. The predicted molar refractivity (Wildman–Crippen MR) is 86.9 cm³/mol. The zero-order valence-corrected chi connectivity index (χ0v) is 13.3. The van der Waals surface area contributed by atoms with Crippen molar-refractivity contribution in [1.82, 2.24) is 15.1 Å². The second-order valence-corrected chi connectivity index (χ2v) is 5.04. The van der Waals surface area contributed by atoms with Gasteiger partial charge in [0.1, 0.15) is 5.69 Å². The molecule has 1 aromatic carbocycles. The minimum atomic E-state index is -0.543. The summed E-state index contributed by atoms with van der Waals surface area (Å²) in [7, 11) is 1.60. The Labute approximate surface area is 137 Å². The van der Waals surface area contributed by atoms with Crippen molar-refractivity contribution in [3.8, 4) is 0 Å². The molecule has 2 aromatic rings. The summed E-state index contributed by atoms with van der Waals surface area (Å²) in [6.45, 7) is 2.44. The third kappa shape index (κ3) is 3.75. The lowest BCUT2D eigenvalue weighted by Crippen LogP contribution is -2.27. The highest BCUT2D eigenvalue weighted by Gasteiger charge is 2.19. The molecule has 0 aliphatic carbocycles. The lowest BCUT2D eigenvalue weighted by molar-refractivity contribution is -0.384. The third-order valence-electron chi connectivity index (χ3n) is 3.28. The van der Waals surface area contributed by atoms with E-state index >= 15 is 0 Å². The largest absolute Gasteiger partial charge is 0.351 e. The van der Waals surface area contributed by atoms with E-state index in [0.717, 1.165) is 6.42 Å². The van der Waals surface area contributed by atoms with Crippen LogP contribution in [-0.4, -0.2) is 33.1 Å². The van der Waals surface area contributed by atoms with Crippen LogP contribution in [0, 0.1) is 10.1 Å². The van der Waals surface area contributed by atoms with Crippen molar-refractivity contribution >= 4 is 23.2 Å². The monoisotopic (exact) mass is 331 g/mol. The minimum absolute atomic E-state index is 0.104. The molecule has 0 atom stereocenters. The number of nitro benzene ring substituents is 1. The molecule has 0 saturated heterocycles. The summed E-state index contributed by atoms with van der Waals surface area (Å²) in [6.07, 6.45) is 2.16. The first kappa shape index (κ1) is 17.1. The van der Waals surface area contributed by atoms with Gasteiger partial charge in [0.05, 0.1) is 16.8 Å². The Balaban J connectivity index is 2.17. The van der Waals surface area contributed by atoms with Crippen LogP contribution in [0.2, 0.25) is 0 Å². The van der Waals surface area contributed by atoms with Gasteiger partial charge in [-0.15, -0.1) is 0 Å². The third-order valence-corrected chi connectivity index (χ3v) is 3.28. The van der Waals surface area contributed by atoms with E-state index in [1.54, 1.807) is 7.05 Å². The van der Waals surface area contributed by atoms with E-state index in [2.05, 4.69) is 15.7 Å². The number of carbonyl (C=O) groups is 2. The molecule has 0 unspecified atom stereocenters. The van der Waals surface area contributed by atoms with Gasteiger partial charge in [0.2, 0.25) is 0 Å². The van der Waals surface area contributed by atoms with E-state index in [4.69, 9.17) is 0 Å². The van der Waals surface area contributed by atoms with Crippen molar-refractivity contribution in [1.29, 1.82) is 0 Å². The van der Waals surface area contributed by atoms with Gasteiger partial charge in [0, 0.05) is 31.3 Å². The number of non-ortho nitro benzene ring substituents is 1. The van der Waals surface area contributed by atoms with Crippen LogP contribution in [0.25, 0.3) is 0 Å². The first-order valence-electron chi connectivity index (χ1n) is 7.30. The second-order valence-electron chi connectivity index (χ2n) is 5.04. The zero-order valence-electron chi connectivity index (χ0n) is 13.3. The number of anilines is 1. The molecule has 2 rings (SSSR count). The molecule has 126 valence electrons. The highest BCUT2D eigenvalue weighted by molar-refractivity contribution is 6.08. The average Bonchev–Trinajstić information content (AvgIpc) is 2.93. The molecule has 0 saturated carbocycles. The summed E-state index contributed by atoms with van der Waals surface area (Å²) in [5.41, 5.74) is 0.644. The lowest BCUT2D eigenvalue weighted by Gasteiger charge is -2.08. The van der Waals surface area contributed by atoms with E-state index in [-0.39, 0.29) is 28.5 Å². The number of carbonyl (C=O) groups excluding carboxylic acids is 2. The van der Waals surface area contributed by atoms with E-state index < -0.39 is 10.8 Å². The topological polar surface area (TPSA) is 119 Å². The number of amides is 2. The van der Waals surface area contributed by atoms with Crippen molar-refractivity contribution in [3.63, 3.8) is 0 Å². The maximum Gasteiger partial charge on any atom is 0.271 e. The molecule has 1 heterocycles. The van der Waals surface area contributed by atoms with Gasteiger partial charge in [-0.2, -0.15) is 5.10 Å². The van der Waals surface area contributed by atoms with E-state index in [1.165, 1.54) is 35.1 Å². The fourth-order valence-electron chi connectivity index (χ4n) is 2.05. The summed E-state index contributed by atoms with van der Waals surface area (Å²) >= 11 is 0. The molecule has 0 aliphatic heterocycles. The Hall–Kier alpha value is -3.23. The molecule has 0 radical (unpaired) electrons. The van der Waals surface area contributed by atoms with E-state index in [0.29, 0.717) is 6.54 Å². The number of hydrogen-bond acceptors (Lipinski definition) is 5. The van der Waals surface area contributed by atoms with Gasteiger partial charge in [-0.05, 0) is 18.6 Å². The van der Waals surface area contributed by atoms with Crippen LogP contribution in [0.5, 0.6) is 0 Å². The number of nitro groups is 1. The average molecular weight is 331 g/mol. The van der Waals surface area contributed by atoms with Crippen LogP contribution < -0.4 is 10.6 Å². The van der Waals surface area contributed by atoms with Crippen molar-refractivity contribution in [3.05, 3.63) is 51.8 Å². The number of hydrogen-bond donors (Lipinski definition) is 2. The van der Waals surface area contributed by atoms with Crippen LogP contribution in [0.3, 0.4) is 0 Å². The standard InChI is InChI=1S/C15H17N5O4/c1-3-8-16-15(22)13-12(9-17-19(13)2)18-14(21)10-4-6-11(7-5-10)20(23)24/h4-7,9H,3,8H2,1-2H3,(H,16,22)(H,18,21). The Bertz CT molecular complexity index is 767. The Kier molecular flexibility index (Phi) is 5.25. The molecule has 1 aromatic heterocycles. The molecule has 0 aliphatic rings. The van der Waals surface area contributed by atoms with Gasteiger partial charge in [0.15, 0.2) is 0 Å². The van der Waals surface area contributed by atoms with Crippen molar-refractivity contribution in [2.24, 2.45) is 7.05 Å². The summed E-state index contributed by atoms with van der Waals surface area (Å²) in [5.74, 6) is -0.821. The molecule has 2 N–H and O–H groups in total. The molecule has 9 nitrogen and oxygen atoms in total. The first-order chi connectivity index (χ1) is 11.4. The van der Waals surface area contributed by atoms with Crippen LogP contribution in [0.15, 0.2) is 30.5 Å². The maximum atomic E-state index is 12.2. The molecule has 0 bridgehead atoms.